The first-order chi connectivity index (χ1) is 11.3. The van der Waals surface area contributed by atoms with Crippen molar-refractivity contribution in [1.29, 1.82) is 0 Å². The van der Waals surface area contributed by atoms with E-state index in [2.05, 4.69) is 18.3 Å². The summed E-state index contributed by atoms with van der Waals surface area (Å²) in [4.78, 5) is 23.8. The number of hydrogen-bond donors (Lipinski definition) is 2. The number of amides is 1. The molecule has 0 aromatic rings. The van der Waals surface area contributed by atoms with Crippen LogP contribution in [-0.2, 0) is 19.1 Å². The van der Waals surface area contributed by atoms with Crippen LogP contribution in [0, 0.1) is 5.92 Å². The van der Waals surface area contributed by atoms with Gasteiger partial charge in [0.1, 0.15) is 12.1 Å². The highest BCUT2D eigenvalue weighted by Gasteiger charge is 2.51. The summed E-state index contributed by atoms with van der Waals surface area (Å²) in [6.07, 6.45) is 6.58. The molecule has 138 valence electrons. The second-order valence-corrected chi connectivity index (χ2v) is 6.77. The fraction of sp³-hybridized carbons (Fsp3) is 0.778. The third-order valence-electron chi connectivity index (χ3n) is 5.03. The van der Waals surface area contributed by atoms with Gasteiger partial charge in [-0.2, -0.15) is 0 Å². The molecular weight excluding hydrogens is 308 g/mol. The van der Waals surface area contributed by atoms with Crippen LogP contribution >= 0.6 is 0 Å². The van der Waals surface area contributed by atoms with Crippen molar-refractivity contribution in [2.75, 3.05) is 14.2 Å². The zero-order chi connectivity index (χ0) is 18.3. The standard InChI is InChI=1S/C18H32N2O4/c1-7-9-13-11-14(17(22)23-5)20-15(13)16(19-12(3)21)18(4,24-6)10-8-2/h7,9,13-16,20H,8,10-11H2,1-6H3,(H,19,21)/p+1/b9-7-/t13-,14-,15-,16-,18+/m1/s1. The first-order valence-corrected chi connectivity index (χ1v) is 8.70. The minimum atomic E-state index is -0.494. The Morgan fingerprint density at radius 1 is 1.42 bits per heavy atom. The van der Waals surface area contributed by atoms with Crippen molar-refractivity contribution in [3.63, 3.8) is 0 Å². The molecule has 1 fully saturated rings. The van der Waals surface area contributed by atoms with Gasteiger partial charge in [-0.1, -0.05) is 25.5 Å². The van der Waals surface area contributed by atoms with Crippen molar-refractivity contribution in [1.82, 2.24) is 5.32 Å². The lowest BCUT2D eigenvalue weighted by molar-refractivity contribution is -0.697. The van der Waals surface area contributed by atoms with E-state index in [1.54, 1.807) is 7.11 Å². The number of hydrogen-bond acceptors (Lipinski definition) is 4. The van der Waals surface area contributed by atoms with Crippen LogP contribution in [0.2, 0.25) is 0 Å². The number of quaternary nitrogens is 1. The quantitative estimate of drug-likeness (QED) is 0.505. The maximum absolute atomic E-state index is 12.0. The smallest absolute Gasteiger partial charge is 0.364 e. The number of nitrogens with two attached hydrogens (primary N) is 1. The van der Waals surface area contributed by atoms with Crippen molar-refractivity contribution < 1.29 is 24.4 Å². The normalized spacial score (nSPS) is 27.7. The lowest BCUT2D eigenvalue weighted by Gasteiger charge is -2.40. The molecule has 6 heteroatoms. The topological polar surface area (TPSA) is 81.2 Å². The van der Waals surface area contributed by atoms with Gasteiger partial charge in [0.2, 0.25) is 5.91 Å². The number of nitrogens with one attached hydrogen (secondary N) is 1. The molecule has 0 spiro atoms. The molecule has 0 unspecified atom stereocenters. The van der Waals surface area contributed by atoms with E-state index in [4.69, 9.17) is 9.47 Å². The van der Waals surface area contributed by atoms with Gasteiger partial charge in [-0.25, -0.2) is 4.79 Å². The van der Waals surface area contributed by atoms with E-state index in [1.807, 2.05) is 25.2 Å². The summed E-state index contributed by atoms with van der Waals surface area (Å²) in [5, 5.41) is 5.11. The van der Waals surface area contributed by atoms with Crippen LogP contribution in [0.5, 0.6) is 0 Å². The molecular formula is C18H33N2O4+. The molecule has 1 aliphatic rings. The van der Waals surface area contributed by atoms with Crippen LogP contribution in [0.15, 0.2) is 12.2 Å². The molecule has 0 aromatic heterocycles. The number of methoxy groups -OCH3 is 2. The highest BCUT2D eigenvalue weighted by molar-refractivity contribution is 5.74. The Hall–Kier alpha value is -1.40. The fourth-order valence-electron chi connectivity index (χ4n) is 3.83. The predicted molar refractivity (Wildman–Crippen MR) is 92.4 cm³/mol. The molecule has 1 saturated heterocycles. The minimum Gasteiger partial charge on any atom is -0.465 e. The van der Waals surface area contributed by atoms with Crippen LogP contribution in [0.3, 0.4) is 0 Å². The maximum Gasteiger partial charge on any atom is 0.364 e. The van der Waals surface area contributed by atoms with E-state index in [0.29, 0.717) is 6.42 Å². The Balaban J connectivity index is 3.17. The molecule has 5 atom stereocenters. The molecule has 6 nitrogen and oxygen atoms in total. The summed E-state index contributed by atoms with van der Waals surface area (Å²) < 4.78 is 10.7. The second kappa shape index (κ2) is 9.18. The highest BCUT2D eigenvalue weighted by Crippen LogP contribution is 2.29. The average Bonchev–Trinajstić information content (AvgIpc) is 2.95. The van der Waals surface area contributed by atoms with Gasteiger partial charge in [-0.15, -0.1) is 0 Å². The summed E-state index contributed by atoms with van der Waals surface area (Å²) >= 11 is 0. The SMILES string of the molecule is C/C=C\[C@@H]1C[C@H](C(=O)OC)[NH2+][C@H]1[C@@H](NC(C)=O)[C@](C)(CCC)OC. The van der Waals surface area contributed by atoms with Crippen molar-refractivity contribution in [3.8, 4) is 0 Å². The predicted octanol–water partition coefficient (Wildman–Crippen LogP) is 0.766. The molecule has 24 heavy (non-hydrogen) atoms. The molecule has 0 saturated carbocycles. The van der Waals surface area contributed by atoms with Gasteiger partial charge in [-0.05, 0) is 20.3 Å². The second-order valence-electron chi connectivity index (χ2n) is 6.77. The molecule has 3 N–H and O–H groups in total. The third kappa shape index (κ3) is 4.80. The van der Waals surface area contributed by atoms with Crippen LogP contribution in [0.1, 0.15) is 47.0 Å². The Bertz CT molecular complexity index is 466. The van der Waals surface area contributed by atoms with Crippen molar-refractivity contribution >= 4 is 11.9 Å². The fourth-order valence-corrected chi connectivity index (χ4v) is 3.83. The van der Waals surface area contributed by atoms with Crippen molar-refractivity contribution in [2.24, 2.45) is 5.92 Å². The summed E-state index contributed by atoms with van der Waals surface area (Å²) in [6.45, 7) is 7.62. The summed E-state index contributed by atoms with van der Waals surface area (Å²) in [5.74, 6) is -0.140. The Kier molecular flexibility index (Phi) is 7.90. The molecule has 1 rings (SSSR count). The summed E-state index contributed by atoms with van der Waals surface area (Å²) in [5.41, 5.74) is -0.494. The number of allylic oxidation sites excluding steroid dienone is 1. The summed E-state index contributed by atoms with van der Waals surface area (Å²) in [7, 11) is 3.09. The van der Waals surface area contributed by atoms with Crippen LogP contribution in [0.25, 0.3) is 0 Å². The molecule has 0 bridgehead atoms. The molecule has 1 heterocycles. The van der Waals surface area contributed by atoms with E-state index < -0.39 is 5.60 Å². The van der Waals surface area contributed by atoms with Gasteiger partial charge in [-0.3, -0.25) is 4.79 Å². The van der Waals surface area contributed by atoms with E-state index >= 15 is 0 Å². The average molecular weight is 341 g/mol. The third-order valence-corrected chi connectivity index (χ3v) is 5.03. The Labute approximate surface area is 145 Å². The number of carbonyl (C=O) groups is 2. The van der Waals surface area contributed by atoms with E-state index in [9.17, 15) is 9.59 Å². The minimum absolute atomic E-state index is 0.0192. The molecule has 1 amide bonds. The van der Waals surface area contributed by atoms with Gasteiger partial charge in [0.05, 0.1) is 12.7 Å². The zero-order valence-corrected chi connectivity index (χ0v) is 15.8. The first kappa shape index (κ1) is 20.6. The molecule has 1 aliphatic heterocycles. The first-order valence-electron chi connectivity index (χ1n) is 8.70. The van der Waals surface area contributed by atoms with Crippen molar-refractivity contribution in [2.45, 2.75) is 70.7 Å². The number of esters is 1. The number of rotatable bonds is 8. The van der Waals surface area contributed by atoms with Crippen molar-refractivity contribution in [3.05, 3.63) is 12.2 Å². The molecule has 0 radical (unpaired) electrons. The van der Waals surface area contributed by atoms with E-state index in [0.717, 1.165) is 12.8 Å². The molecule has 0 aliphatic carbocycles. The van der Waals surface area contributed by atoms with Gasteiger partial charge < -0.3 is 20.1 Å². The lowest BCUT2D eigenvalue weighted by atomic mass is 9.81. The highest BCUT2D eigenvalue weighted by atomic mass is 16.5. The zero-order valence-electron chi connectivity index (χ0n) is 15.8. The van der Waals surface area contributed by atoms with Crippen LogP contribution < -0.4 is 10.6 Å². The maximum atomic E-state index is 12.0. The van der Waals surface area contributed by atoms with Crippen LogP contribution in [-0.4, -0.2) is 49.8 Å². The van der Waals surface area contributed by atoms with Gasteiger partial charge in [0, 0.05) is 26.4 Å². The van der Waals surface area contributed by atoms with Gasteiger partial charge in [0.15, 0.2) is 6.04 Å². The number of ether oxygens (including phenoxy) is 2. The monoisotopic (exact) mass is 341 g/mol. The molecule has 0 aromatic carbocycles. The van der Waals surface area contributed by atoms with E-state index in [-0.39, 0.29) is 35.9 Å². The largest absolute Gasteiger partial charge is 0.465 e. The lowest BCUT2D eigenvalue weighted by Crippen LogP contribution is -2.97. The van der Waals surface area contributed by atoms with Gasteiger partial charge >= 0.3 is 5.97 Å². The van der Waals surface area contributed by atoms with Crippen LogP contribution in [0.4, 0.5) is 0 Å². The van der Waals surface area contributed by atoms with E-state index in [1.165, 1.54) is 14.0 Å². The Morgan fingerprint density at radius 3 is 2.54 bits per heavy atom. The Morgan fingerprint density at radius 2 is 2.08 bits per heavy atom. The summed E-state index contributed by atoms with van der Waals surface area (Å²) in [6, 6.07) is -0.429. The van der Waals surface area contributed by atoms with Gasteiger partial charge in [0.25, 0.3) is 0 Å². The number of carbonyl (C=O) groups excluding carboxylic acids is 2.